The molecule has 0 saturated heterocycles. The van der Waals surface area contributed by atoms with Crippen molar-refractivity contribution in [1.82, 2.24) is 0 Å². The zero-order chi connectivity index (χ0) is 10.7. The van der Waals surface area contributed by atoms with Gasteiger partial charge in [-0.25, -0.2) is 9.18 Å². The van der Waals surface area contributed by atoms with Crippen LogP contribution >= 0.6 is 0 Å². The molecule has 2 N–H and O–H groups in total. The first-order valence-electron chi connectivity index (χ1n) is 3.67. The number of carboxylic acids is 1. The zero-order valence-corrected chi connectivity index (χ0v) is 6.94. The van der Waals surface area contributed by atoms with E-state index >= 15 is 0 Å². The Hall–Kier alpha value is -1.93. The van der Waals surface area contributed by atoms with E-state index in [9.17, 15) is 9.18 Å². The third-order valence-electron chi connectivity index (χ3n) is 1.68. The number of carbonyl (C=O) groups is 1. The molecule has 14 heavy (non-hydrogen) atoms. The van der Waals surface area contributed by atoms with Crippen LogP contribution in [0.1, 0.15) is 22.0 Å². The number of nitriles is 1. The van der Waals surface area contributed by atoms with E-state index in [1.54, 1.807) is 0 Å². The van der Waals surface area contributed by atoms with Crippen LogP contribution in [0.4, 0.5) is 4.39 Å². The van der Waals surface area contributed by atoms with Crippen molar-refractivity contribution in [2.24, 2.45) is 0 Å². The SMILES string of the molecule is N#CC(O)c1cccc(F)c1C(=O)O. The Kier molecular flexibility index (Phi) is 2.79. The molecule has 0 aliphatic carbocycles. The summed E-state index contributed by atoms with van der Waals surface area (Å²) < 4.78 is 13.0. The molecule has 4 nitrogen and oxygen atoms in total. The lowest BCUT2D eigenvalue weighted by atomic mass is 10.0. The van der Waals surface area contributed by atoms with Gasteiger partial charge in [0.2, 0.25) is 0 Å². The van der Waals surface area contributed by atoms with Crippen LogP contribution in [0.5, 0.6) is 0 Å². The summed E-state index contributed by atoms with van der Waals surface area (Å²) in [5.74, 6) is -2.48. The highest BCUT2D eigenvalue weighted by molar-refractivity contribution is 5.90. The Balaban J connectivity index is 3.37. The molecule has 0 amide bonds. The van der Waals surface area contributed by atoms with Crippen molar-refractivity contribution < 1.29 is 19.4 Å². The van der Waals surface area contributed by atoms with Crippen molar-refractivity contribution in [3.8, 4) is 6.07 Å². The molecule has 0 aliphatic rings. The maximum absolute atomic E-state index is 13.0. The minimum absolute atomic E-state index is 0.236. The number of benzene rings is 1. The average molecular weight is 195 g/mol. The van der Waals surface area contributed by atoms with Crippen molar-refractivity contribution in [1.29, 1.82) is 5.26 Å². The van der Waals surface area contributed by atoms with Crippen molar-refractivity contribution in [3.05, 3.63) is 35.1 Å². The predicted octanol–water partition coefficient (Wildman–Crippen LogP) is 1.08. The normalized spacial score (nSPS) is 11.8. The molecule has 0 aromatic heterocycles. The minimum Gasteiger partial charge on any atom is -0.478 e. The number of hydrogen-bond donors (Lipinski definition) is 2. The molecule has 1 rings (SSSR count). The van der Waals surface area contributed by atoms with Crippen molar-refractivity contribution in [3.63, 3.8) is 0 Å². The third-order valence-corrected chi connectivity index (χ3v) is 1.68. The van der Waals surface area contributed by atoms with E-state index in [2.05, 4.69) is 0 Å². The minimum atomic E-state index is -1.63. The number of nitrogens with zero attached hydrogens (tertiary/aromatic N) is 1. The monoisotopic (exact) mass is 195 g/mol. The van der Waals surface area contributed by atoms with Gasteiger partial charge in [-0.2, -0.15) is 5.26 Å². The fourth-order valence-corrected chi connectivity index (χ4v) is 1.06. The fraction of sp³-hybridized carbons (Fsp3) is 0.111. The van der Waals surface area contributed by atoms with Gasteiger partial charge < -0.3 is 10.2 Å². The molecule has 1 unspecified atom stereocenters. The Morgan fingerprint density at radius 3 is 2.71 bits per heavy atom. The molecule has 0 fully saturated rings. The Morgan fingerprint density at radius 2 is 2.21 bits per heavy atom. The molecular weight excluding hydrogens is 189 g/mol. The van der Waals surface area contributed by atoms with Crippen molar-refractivity contribution in [2.45, 2.75) is 6.10 Å². The van der Waals surface area contributed by atoms with Gasteiger partial charge in [-0.3, -0.25) is 0 Å². The van der Waals surface area contributed by atoms with Crippen LogP contribution in [0.2, 0.25) is 0 Å². The van der Waals surface area contributed by atoms with E-state index in [1.807, 2.05) is 0 Å². The number of aliphatic hydroxyl groups excluding tert-OH is 1. The summed E-state index contributed by atoms with van der Waals surface area (Å²) in [6, 6.07) is 4.81. The summed E-state index contributed by atoms with van der Waals surface area (Å²) in [5, 5.41) is 26.1. The molecule has 0 aliphatic heterocycles. The number of aromatic carboxylic acids is 1. The second-order valence-corrected chi connectivity index (χ2v) is 2.54. The summed E-state index contributed by atoms with van der Waals surface area (Å²) in [5.41, 5.74) is -0.901. The number of aliphatic hydroxyl groups is 1. The molecule has 0 saturated carbocycles. The van der Waals surface area contributed by atoms with E-state index in [-0.39, 0.29) is 5.56 Å². The molecule has 72 valence electrons. The first-order valence-corrected chi connectivity index (χ1v) is 3.67. The number of halogens is 1. The first kappa shape index (κ1) is 10.2. The lowest BCUT2D eigenvalue weighted by Gasteiger charge is -2.06. The first-order chi connectivity index (χ1) is 6.57. The van der Waals surface area contributed by atoms with Crippen molar-refractivity contribution in [2.75, 3.05) is 0 Å². The van der Waals surface area contributed by atoms with Gasteiger partial charge in [0.15, 0.2) is 6.10 Å². The molecule has 1 atom stereocenters. The summed E-state index contributed by atoms with van der Waals surface area (Å²) in [4.78, 5) is 10.6. The van der Waals surface area contributed by atoms with Crippen LogP contribution < -0.4 is 0 Å². The van der Waals surface area contributed by atoms with E-state index in [1.165, 1.54) is 18.2 Å². The summed E-state index contributed by atoms with van der Waals surface area (Å²) in [6.07, 6.45) is -1.63. The number of carboxylic acid groups (broad SMARTS) is 1. The Bertz CT molecular complexity index is 411. The highest BCUT2D eigenvalue weighted by Crippen LogP contribution is 2.20. The highest BCUT2D eigenvalue weighted by Gasteiger charge is 2.20. The van der Waals surface area contributed by atoms with Gasteiger partial charge in [-0.05, 0) is 6.07 Å². The third kappa shape index (κ3) is 1.70. The maximum Gasteiger partial charge on any atom is 0.339 e. The molecule has 0 radical (unpaired) electrons. The number of rotatable bonds is 2. The largest absolute Gasteiger partial charge is 0.478 e. The van der Waals surface area contributed by atoms with Gasteiger partial charge in [0.1, 0.15) is 11.4 Å². The van der Waals surface area contributed by atoms with Crippen LogP contribution in [-0.2, 0) is 0 Å². The van der Waals surface area contributed by atoms with Gasteiger partial charge in [0.25, 0.3) is 0 Å². The topological polar surface area (TPSA) is 81.3 Å². The van der Waals surface area contributed by atoms with Gasteiger partial charge in [-0.1, -0.05) is 12.1 Å². The molecule has 0 heterocycles. The van der Waals surface area contributed by atoms with Crippen LogP contribution in [0, 0.1) is 17.1 Å². The van der Waals surface area contributed by atoms with Gasteiger partial charge in [0.05, 0.1) is 6.07 Å². The smallest absolute Gasteiger partial charge is 0.339 e. The second-order valence-electron chi connectivity index (χ2n) is 2.54. The lowest BCUT2D eigenvalue weighted by molar-refractivity contribution is 0.0686. The average Bonchev–Trinajstić information content (AvgIpc) is 2.15. The van der Waals surface area contributed by atoms with Gasteiger partial charge >= 0.3 is 5.97 Å². The standard InChI is InChI=1S/C9H6FNO3/c10-6-3-1-2-5(7(12)4-11)8(6)9(13)14/h1-3,7,12H,(H,13,14). The molecule has 0 bridgehead atoms. The van der Waals surface area contributed by atoms with Crippen LogP contribution in [-0.4, -0.2) is 16.2 Å². The molecule has 1 aromatic carbocycles. The van der Waals surface area contributed by atoms with E-state index < -0.39 is 23.5 Å². The lowest BCUT2D eigenvalue weighted by Crippen LogP contribution is -2.08. The second kappa shape index (κ2) is 3.85. The van der Waals surface area contributed by atoms with Crippen LogP contribution in [0.15, 0.2) is 18.2 Å². The summed E-state index contributed by atoms with van der Waals surface area (Å²) in [7, 11) is 0. The number of hydrogen-bond acceptors (Lipinski definition) is 3. The molecule has 0 spiro atoms. The van der Waals surface area contributed by atoms with Gasteiger partial charge in [0, 0.05) is 5.56 Å². The summed E-state index contributed by atoms with van der Waals surface area (Å²) in [6.45, 7) is 0. The highest BCUT2D eigenvalue weighted by atomic mass is 19.1. The molecular formula is C9H6FNO3. The van der Waals surface area contributed by atoms with E-state index in [0.29, 0.717) is 0 Å². The van der Waals surface area contributed by atoms with Crippen LogP contribution in [0.3, 0.4) is 0 Å². The van der Waals surface area contributed by atoms with Gasteiger partial charge in [-0.15, -0.1) is 0 Å². The van der Waals surface area contributed by atoms with Crippen molar-refractivity contribution >= 4 is 5.97 Å². The summed E-state index contributed by atoms with van der Waals surface area (Å²) >= 11 is 0. The fourth-order valence-electron chi connectivity index (χ4n) is 1.06. The maximum atomic E-state index is 13.0. The molecule has 5 heteroatoms. The zero-order valence-electron chi connectivity index (χ0n) is 6.94. The Morgan fingerprint density at radius 1 is 1.57 bits per heavy atom. The molecule has 1 aromatic rings. The predicted molar refractivity (Wildman–Crippen MR) is 43.9 cm³/mol. The quantitative estimate of drug-likeness (QED) is 0.692. The van der Waals surface area contributed by atoms with E-state index in [0.717, 1.165) is 6.07 Å². The van der Waals surface area contributed by atoms with Crippen LogP contribution in [0.25, 0.3) is 0 Å². The van der Waals surface area contributed by atoms with E-state index in [4.69, 9.17) is 15.5 Å². The Labute approximate surface area is 78.8 Å².